The van der Waals surface area contributed by atoms with Gasteiger partial charge in [0.1, 0.15) is 0 Å². The molecule has 1 rings (SSSR count). The normalized spacial score (nSPS) is 10.7. The zero-order valence-electron chi connectivity index (χ0n) is 8.20. The summed E-state index contributed by atoms with van der Waals surface area (Å²) in [5.74, 6) is 0. The number of nitrogens with zero attached hydrogens (tertiary/aromatic N) is 1. The highest BCUT2D eigenvalue weighted by molar-refractivity contribution is 5.57. The van der Waals surface area contributed by atoms with E-state index in [4.69, 9.17) is 5.73 Å². The summed E-state index contributed by atoms with van der Waals surface area (Å²) in [5.41, 5.74) is 7.78. The highest BCUT2D eigenvalue weighted by atomic mass is 15.1. The third-order valence-electron chi connectivity index (χ3n) is 1.83. The van der Waals surface area contributed by atoms with Crippen LogP contribution in [0.1, 0.15) is 5.56 Å². The van der Waals surface area contributed by atoms with E-state index in [9.17, 15) is 0 Å². The summed E-state index contributed by atoms with van der Waals surface area (Å²) in [5, 5.41) is 0. The van der Waals surface area contributed by atoms with Crippen molar-refractivity contribution < 1.29 is 0 Å². The first kappa shape index (κ1) is 9.81. The molecule has 13 heavy (non-hydrogen) atoms. The fraction of sp³-hybridized carbons (Fsp3) is 0.273. The summed E-state index contributed by atoms with van der Waals surface area (Å²) in [6.07, 6.45) is 3.99. The van der Waals surface area contributed by atoms with Gasteiger partial charge in [-0.1, -0.05) is 24.3 Å². The molecule has 0 heterocycles. The molecule has 2 heteroatoms. The molecule has 1 aromatic rings. The smallest absolute Gasteiger partial charge is 0.0367 e. The molecule has 2 nitrogen and oxygen atoms in total. The van der Waals surface area contributed by atoms with Crippen molar-refractivity contribution in [1.29, 1.82) is 0 Å². The minimum Gasteiger partial charge on any atom is -0.378 e. The van der Waals surface area contributed by atoms with Crippen LogP contribution in [-0.4, -0.2) is 20.6 Å². The maximum atomic E-state index is 5.38. The molecule has 0 bridgehead atoms. The largest absolute Gasteiger partial charge is 0.378 e. The molecule has 0 saturated carbocycles. The van der Waals surface area contributed by atoms with Crippen LogP contribution in [0.25, 0.3) is 6.08 Å². The van der Waals surface area contributed by atoms with Gasteiger partial charge < -0.3 is 10.6 Å². The third-order valence-corrected chi connectivity index (χ3v) is 1.83. The quantitative estimate of drug-likeness (QED) is 0.760. The Morgan fingerprint density at radius 2 is 2.15 bits per heavy atom. The molecule has 1 aromatic carbocycles. The predicted octanol–water partition coefficient (Wildman–Crippen LogP) is 1.72. The second kappa shape index (κ2) is 4.67. The highest BCUT2D eigenvalue weighted by Crippen LogP contribution is 2.13. The third kappa shape index (κ3) is 2.92. The van der Waals surface area contributed by atoms with Crippen LogP contribution in [0.3, 0.4) is 0 Å². The molecule has 0 aliphatic heterocycles. The monoisotopic (exact) mass is 176 g/mol. The van der Waals surface area contributed by atoms with Gasteiger partial charge in [0, 0.05) is 26.3 Å². The Morgan fingerprint density at radius 3 is 2.77 bits per heavy atom. The van der Waals surface area contributed by atoms with Gasteiger partial charge in [-0.05, 0) is 17.7 Å². The number of hydrogen-bond donors (Lipinski definition) is 1. The van der Waals surface area contributed by atoms with Crippen LogP contribution in [0.5, 0.6) is 0 Å². The zero-order chi connectivity index (χ0) is 9.68. The van der Waals surface area contributed by atoms with E-state index in [1.807, 2.05) is 32.3 Å². The Labute approximate surface area is 79.7 Å². The number of hydrogen-bond acceptors (Lipinski definition) is 2. The van der Waals surface area contributed by atoms with E-state index in [1.165, 1.54) is 11.3 Å². The van der Waals surface area contributed by atoms with Gasteiger partial charge in [0.25, 0.3) is 0 Å². The lowest BCUT2D eigenvalue weighted by atomic mass is 10.2. The molecule has 0 aromatic heterocycles. The minimum absolute atomic E-state index is 0.589. The first-order valence-electron chi connectivity index (χ1n) is 4.38. The van der Waals surface area contributed by atoms with Crippen molar-refractivity contribution in [3.05, 3.63) is 35.9 Å². The Kier molecular flexibility index (Phi) is 3.53. The molecular weight excluding hydrogens is 160 g/mol. The van der Waals surface area contributed by atoms with Crippen molar-refractivity contribution in [3.63, 3.8) is 0 Å². The van der Waals surface area contributed by atoms with Crippen LogP contribution in [-0.2, 0) is 0 Å². The second-order valence-corrected chi connectivity index (χ2v) is 3.13. The van der Waals surface area contributed by atoms with E-state index >= 15 is 0 Å². The average Bonchev–Trinajstić information content (AvgIpc) is 2.15. The van der Waals surface area contributed by atoms with Crippen molar-refractivity contribution in [2.75, 3.05) is 25.5 Å². The van der Waals surface area contributed by atoms with Gasteiger partial charge in [0.2, 0.25) is 0 Å². The molecular formula is C11H16N2. The van der Waals surface area contributed by atoms with Crippen LogP contribution in [0.15, 0.2) is 30.3 Å². The molecule has 0 atom stereocenters. The SMILES string of the molecule is CN(C)c1cccc(/C=C/CN)c1. The number of rotatable bonds is 3. The molecule has 0 aliphatic carbocycles. The number of anilines is 1. The zero-order valence-corrected chi connectivity index (χ0v) is 8.20. The maximum Gasteiger partial charge on any atom is 0.0367 e. The lowest BCUT2D eigenvalue weighted by Gasteiger charge is -2.12. The van der Waals surface area contributed by atoms with E-state index in [1.54, 1.807) is 0 Å². The summed E-state index contributed by atoms with van der Waals surface area (Å²) in [6.45, 7) is 0.589. The van der Waals surface area contributed by atoms with E-state index in [-0.39, 0.29) is 0 Å². The van der Waals surface area contributed by atoms with Crippen LogP contribution in [0.4, 0.5) is 5.69 Å². The molecule has 0 fully saturated rings. The molecule has 0 spiro atoms. The van der Waals surface area contributed by atoms with Gasteiger partial charge >= 0.3 is 0 Å². The molecule has 0 unspecified atom stereocenters. The minimum atomic E-state index is 0.589. The number of benzene rings is 1. The highest BCUT2D eigenvalue weighted by Gasteiger charge is 1.93. The summed E-state index contributed by atoms with van der Waals surface area (Å²) >= 11 is 0. The lowest BCUT2D eigenvalue weighted by molar-refractivity contribution is 1.13. The Morgan fingerprint density at radius 1 is 1.38 bits per heavy atom. The first-order valence-corrected chi connectivity index (χ1v) is 4.38. The van der Waals surface area contributed by atoms with Gasteiger partial charge in [-0.3, -0.25) is 0 Å². The van der Waals surface area contributed by atoms with Gasteiger partial charge in [-0.25, -0.2) is 0 Å². The van der Waals surface area contributed by atoms with Crippen LogP contribution < -0.4 is 10.6 Å². The van der Waals surface area contributed by atoms with E-state index in [0.29, 0.717) is 6.54 Å². The fourth-order valence-electron chi connectivity index (χ4n) is 1.11. The Bertz CT molecular complexity index is 290. The summed E-state index contributed by atoms with van der Waals surface area (Å²) in [7, 11) is 4.07. The predicted molar refractivity (Wildman–Crippen MR) is 58.9 cm³/mol. The Hall–Kier alpha value is -1.28. The summed E-state index contributed by atoms with van der Waals surface area (Å²) in [6, 6.07) is 8.33. The topological polar surface area (TPSA) is 29.3 Å². The van der Waals surface area contributed by atoms with Crippen molar-refractivity contribution in [3.8, 4) is 0 Å². The van der Waals surface area contributed by atoms with E-state index < -0.39 is 0 Å². The average molecular weight is 176 g/mol. The molecule has 70 valence electrons. The van der Waals surface area contributed by atoms with Gasteiger partial charge in [-0.15, -0.1) is 0 Å². The van der Waals surface area contributed by atoms with Crippen LogP contribution in [0, 0.1) is 0 Å². The van der Waals surface area contributed by atoms with Crippen LogP contribution in [0.2, 0.25) is 0 Å². The second-order valence-electron chi connectivity index (χ2n) is 3.13. The Balaban J connectivity index is 2.85. The van der Waals surface area contributed by atoms with Gasteiger partial charge in [-0.2, -0.15) is 0 Å². The summed E-state index contributed by atoms with van der Waals surface area (Å²) in [4.78, 5) is 2.08. The molecule has 0 amide bonds. The van der Waals surface area contributed by atoms with E-state index in [2.05, 4.69) is 23.1 Å². The van der Waals surface area contributed by atoms with E-state index in [0.717, 1.165) is 0 Å². The fourth-order valence-corrected chi connectivity index (χ4v) is 1.11. The van der Waals surface area contributed by atoms with Gasteiger partial charge in [0.05, 0.1) is 0 Å². The van der Waals surface area contributed by atoms with Crippen molar-refractivity contribution in [2.45, 2.75) is 0 Å². The molecule has 0 radical (unpaired) electrons. The van der Waals surface area contributed by atoms with Crippen LogP contribution >= 0.6 is 0 Å². The number of nitrogens with two attached hydrogens (primary N) is 1. The standard InChI is InChI=1S/C11H16N2/c1-13(2)11-7-3-5-10(9-11)6-4-8-12/h3-7,9H,8,12H2,1-2H3/b6-4+. The van der Waals surface area contributed by atoms with Crippen molar-refractivity contribution in [2.24, 2.45) is 5.73 Å². The van der Waals surface area contributed by atoms with Gasteiger partial charge in [0.15, 0.2) is 0 Å². The molecule has 0 aliphatic rings. The molecule has 2 N–H and O–H groups in total. The first-order chi connectivity index (χ1) is 6.24. The van der Waals surface area contributed by atoms with Crippen molar-refractivity contribution in [1.82, 2.24) is 0 Å². The summed E-state index contributed by atoms with van der Waals surface area (Å²) < 4.78 is 0. The molecule has 0 saturated heterocycles. The lowest BCUT2D eigenvalue weighted by Crippen LogP contribution is -2.08. The van der Waals surface area contributed by atoms with Crippen molar-refractivity contribution >= 4 is 11.8 Å². The maximum absolute atomic E-state index is 5.38.